The Kier molecular flexibility index (Phi) is 11.5. The fraction of sp³-hybridized carbons (Fsp3) is 0.0256. The van der Waals surface area contributed by atoms with Gasteiger partial charge in [-0.05, 0) is 59.7 Å². The molecule has 0 aliphatic rings. The van der Waals surface area contributed by atoms with Crippen molar-refractivity contribution in [1.82, 2.24) is 10.3 Å². The molecular formula is C39H28ClN5O5S2. The number of thiazole rings is 1. The van der Waals surface area contributed by atoms with Crippen molar-refractivity contribution in [3.63, 3.8) is 0 Å². The fourth-order valence-electron chi connectivity index (χ4n) is 4.96. The normalized spacial score (nSPS) is 11.7. The SMILES string of the molecule is O=C(Nc1cccc(SC(C(=O)Nc2nc(-c3cccc([N+](=O)[O-])c3)cs2)c2ccccc2)c1)/C(=C/c1ccc(Cl)cc1)NC(=O)c1ccccc1. The molecule has 13 heteroatoms. The maximum atomic E-state index is 13.8. The predicted molar refractivity (Wildman–Crippen MR) is 206 cm³/mol. The van der Waals surface area contributed by atoms with Gasteiger partial charge in [-0.1, -0.05) is 90.5 Å². The van der Waals surface area contributed by atoms with E-state index in [-0.39, 0.29) is 17.3 Å². The zero-order valence-electron chi connectivity index (χ0n) is 27.1. The van der Waals surface area contributed by atoms with Crippen molar-refractivity contribution < 1.29 is 19.3 Å². The predicted octanol–water partition coefficient (Wildman–Crippen LogP) is 9.25. The number of nitro benzene ring substituents is 1. The number of hydrogen-bond donors (Lipinski definition) is 3. The molecule has 3 amide bonds. The van der Waals surface area contributed by atoms with Gasteiger partial charge >= 0.3 is 0 Å². The minimum absolute atomic E-state index is 0.0173. The highest BCUT2D eigenvalue weighted by Crippen LogP contribution is 2.38. The average Bonchev–Trinajstić information content (AvgIpc) is 3.63. The summed E-state index contributed by atoms with van der Waals surface area (Å²) < 4.78 is 0. The number of aromatic nitrogens is 1. The topological polar surface area (TPSA) is 143 Å². The summed E-state index contributed by atoms with van der Waals surface area (Å²) in [5, 5.41) is 21.6. The van der Waals surface area contributed by atoms with E-state index in [1.54, 1.807) is 96.4 Å². The molecule has 5 aromatic carbocycles. The summed E-state index contributed by atoms with van der Waals surface area (Å²) in [5.74, 6) is -1.33. The zero-order chi connectivity index (χ0) is 36.5. The maximum absolute atomic E-state index is 13.8. The Morgan fingerprint density at radius 1 is 0.827 bits per heavy atom. The molecule has 1 unspecified atom stereocenters. The van der Waals surface area contributed by atoms with E-state index in [1.807, 2.05) is 36.4 Å². The molecule has 1 heterocycles. The van der Waals surface area contributed by atoms with E-state index in [9.17, 15) is 24.5 Å². The van der Waals surface area contributed by atoms with Crippen molar-refractivity contribution >= 4 is 75.0 Å². The second-order valence-electron chi connectivity index (χ2n) is 11.2. The Bertz CT molecular complexity index is 2260. The van der Waals surface area contributed by atoms with E-state index in [1.165, 1.54) is 35.2 Å². The zero-order valence-corrected chi connectivity index (χ0v) is 29.5. The largest absolute Gasteiger partial charge is 0.321 e. The smallest absolute Gasteiger partial charge is 0.272 e. The van der Waals surface area contributed by atoms with Crippen molar-refractivity contribution in [1.29, 1.82) is 0 Å². The third-order valence-corrected chi connectivity index (χ3v) is 9.74. The second-order valence-corrected chi connectivity index (χ2v) is 13.6. The molecule has 0 aliphatic carbocycles. The Morgan fingerprint density at radius 2 is 1.54 bits per heavy atom. The molecule has 6 aromatic rings. The highest BCUT2D eigenvalue weighted by Gasteiger charge is 2.24. The summed E-state index contributed by atoms with van der Waals surface area (Å²) in [6.07, 6.45) is 1.56. The lowest BCUT2D eigenvalue weighted by atomic mass is 10.1. The number of carbonyl (C=O) groups is 3. The van der Waals surface area contributed by atoms with Gasteiger partial charge in [0.25, 0.3) is 17.5 Å². The van der Waals surface area contributed by atoms with Crippen LogP contribution in [-0.4, -0.2) is 27.6 Å². The van der Waals surface area contributed by atoms with Gasteiger partial charge in [0.2, 0.25) is 5.91 Å². The van der Waals surface area contributed by atoms with Crippen LogP contribution in [0.1, 0.15) is 26.7 Å². The van der Waals surface area contributed by atoms with Gasteiger partial charge in [0.05, 0.1) is 10.6 Å². The van der Waals surface area contributed by atoms with Crippen LogP contribution >= 0.6 is 34.7 Å². The molecule has 1 aromatic heterocycles. The Labute approximate surface area is 311 Å². The summed E-state index contributed by atoms with van der Waals surface area (Å²) in [5.41, 5.74) is 3.25. The Morgan fingerprint density at radius 3 is 2.27 bits per heavy atom. The summed E-state index contributed by atoms with van der Waals surface area (Å²) in [4.78, 5) is 56.5. The molecule has 1 atom stereocenters. The standard InChI is InChI=1S/C39H28ClN5O5S2/c40-29-19-17-25(18-20-29)21-33(42-36(46)27-11-5-2-6-12-27)37(47)41-30-14-8-16-32(23-30)52-35(26-9-3-1-4-10-26)38(48)44-39-43-34(24-51-39)28-13-7-15-31(22-28)45(49)50/h1-24,35H,(H,41,47)(H,42,46)(H,43,44,48)/b33-21-. The lowest BCUT2D eigenvalue weighted by Gasteiger charge is -2.17. The van der Waals surface area contributed by atoms with Crippen LogP contribution in [-0.2, 0) is 9.59 Å². The third-order valence-electron chi connectivity index (χ3n) is 7.48. The third kappa shape index (κ3) is 9.37. The number of benzene rings is 5. The molecule has 3 N–H and O–H groups in total. The fourth-order valence-corrected chi connectivity index (χ4v) is 6.90. The molecule has 0 aliphatic heterocycles. The number of nitrogens with one attached hydrogen (secondary N) is 3. The summed E-state index contributed by atoms with van der Waals surface area (Å²) in [6.45, 7) is 0. The number of nitrogens with zero attached hydrogens (tertiary/aromatic N) is 2. The monoisotopic (exact) mass is 745 g/mol. The van der Waals surface area contributed by atoms with Gasteiger partial charge in [-0.15, -0.1) is 23.1 Å². The van der Waals surface area contributed by atoms with Crippen LogP contribution in [0.2, 0.25) is 5.02 Å². The van der Waals surface area contributed by atoms with E-state index in [2.05, 4.69) is 20.9 Å². The van der Waals surface area contributed by atoms with Crippen molar-refractivity contribution in [3.05, 3.63) is 176 Å². The molecule has 0 bridgehead atoms. The number of amides is 3. The molecule has 0 fully saturated rings. The van der Waals surface area contributed by atoms with Gasteiger partial charge in [-0.25, -0.2) is 4.98 Å². The first-order chi connectivity index (χ1) is 25.2. The quantitative estimate of drug-likeness (QED) is 0.0490. The number of anilines is 2. The van der Waals surface area contributed by atoms with Gasteiger partial charge in [-0.2, -0.15) is 0 Å². The maximum Gasteiger partial charge on any atom is 0.272 e. The van der Waals surface area contributed by atoms with E-state index < -0.39 is 22.0 Å². The molecular weight excluding hydrogens is 718 g/mol. The molecule has 0 spiro atoms. The second kappa shape index (κ2) is 16.8. The van der Waals surface area contributed by atoms with Crippen molar-refractivity contribution in [2.75, 3.05) is 10.6 Å². The van der Waals surface area contributed by atoms with E-state index >= 15 is 0 Å². The van der Waals surface area contributed by atoms with Gasteiger partial charge in [0.1, 0.15) is 10.9 Å². The van der Waals surface area contributed by atoms with Gasteiger partial charge < -0.3 is 16.0 Å². The molecule has 0 saturated heterocycles. The highest BCUT2D eigenvalue weighted by molar-refractivity contribution is 8.00. The minimum atomic E-state index is -0.706. The van der Waals surface area contributed by atoms with Crippen LogP contribution < -0.4 is 16.0 Å². The highest BCUT2D eigenvalue weighted by atomic mass is 35.5. The molecule has 10 nitrogen and oxygen atoms in total. The van der Waals surface area contributed by atoms with Gasteiger partial charge in [0.15, 0.2) is 5.13 Å². The Balaban J connectivity index is 1.20. The summed E-state index contributed by atoms with van der Waals surface area (Å²) in [6, 6.07) is 37.8. The van der Waals surface area contributed by atoms with Crippen molar-refractivity contribution in [3.8, 4) is 11.3 Å². The van der Waals surface area contributed by atoms with Crippen LogP contribution in [0, 0.1) is 10.1 Å². The number of thioether (sulfide) groups is 1. The summed E-state index contributed by atoms with van der Waals surface area (Å²) in [7, 11) is 0. The number of non-ortho nitro benzene ring substituents is 1. The molecule has 6 rings (SSSR count). The van der Waals surface area contributed by atoms with Gasteiger partial charge in [-0.3, -0.25) is 24.5 Å². The van der Waals surface area contributed by atoms with Crippen LogP contribution in [0.4, 0.5) is 16.5 Å². The lowest BCUT2D eigenvalue weighted by molar-refractivity contribution is -0.384. The van der Waals surface area contributed by atoms with Crippen molar-refractivity contribution in [2.24, 2.45) is 0 Å². The number of hydrogen-bond acceptors (Lipinski definition) is 8. The summed E-state index contributed by atoms with van der Waals surface area (Å²) >= 11 is 8.54. The van der Waals surface area contributed by atoms with E-state index in [0.717, 1.165) is 5.56 Å². The number of nitro groups is 1. The average molecular weight is 746 g/mol. The first-order valence-corrected chi connectivity index (χ1v) is 17.8. The first kappa shape index (κ1) is 35.7. The van der Waals surface area contributed by atoms with Crippen LogP contribution in [0.3, 0.4) is 0 Å². The molecule has 258 valence electrons. The van der Waals surface area contributed by atoms with Crippen LogP contribution in [0.5, 0.6) is 0 Å². The molecule has 52 heavy (non-hydrogen) atoms. The number of halogens is 1. The minimum Gasteiger partial charge on any atom is -0.321 e. The molecule has 0 saturated carbocycles. The Hall–Kier alpha value is -6.08. The lowest BCUT2D eigenvalue weighted by Crippen LogP contribution is -2.30. The first-order valence-electron chi connectivity index (χ1n) is 15.7. The van der Waals surface area contributed by atoms with E-state index in [0.29, 0.717) is 43.1 Å². The van der Waals surface area contributed by atoms with Crippen LogP contribution in [0.15, 0.2) is 149 Å². The number of rotatable bonds is 12. The van der Waals surface area contributed by atoms with Crippen LogP contribution in [0.25, 0.3) is 17.3 Å². The van der Waals surface area contributed by atoms with E-state index in [4.69, 9.17) is 11.6 Å². The van der Waals surface area contributed by atoms with Crippen molar-refractivity contribution in [2.45, 2.75) is 10.1 Å². The number of carbonyl (C=O) groups excluding carboxylic acids is 3. The molecule has 0 radical (unpaired) electrons. The van der Waals surface area contributed by atoms with Gasteiger partial charge in [0, 0.05) is 44.2 Å².